The van der Waals surface area contributed by atoms with Crippen LogP contribution in [0.25, 0.3) is 0 Å². The van der Waals surface area contributed by atoms with E-state index in [9.17, 15) is 4.79 Å². The lowest BCUT2D eigenvalue weighted by atomic mass is 10.0. The van der Waals surface area contributed by atoms with Crippen molar-refractivity contribution in [1.82, 2.24) is 4.90 Å². The summed E-state index contributed by atoms with van der Waals surface area (Å²) in [5.41, 5.74) is 2.33. The minimum atomic E-state index is 0.122. The fourth-order valence-electron chi connectivity index (χ4n) is 4.27. The van der Waals surface area contributed by atoms with Crippen LogP contribution < -0.4 is 4.74 Å². The molecule has 0 N–H and O–H groups in total. The van der Waals surface area contributed by atoms with Crippen LogP contribution in [0, 0.1) is 5.92 Å². The van der Waals surface area contributed by atoms with E-state index in [4.69, 9.17) is 4.74 Å². The smallest absolute Gasteiger partial charge is 0.223 e. The van der Waals surface area contributed by atoms with Gasteiger partial charge in [0.05, 0.1) is 0 Å². The second-order valence-corrected chi connectivity index (χ2v) is 9.03. The Morgan fingerprint density at radius 2 is 1.89 bits per heavy atom. The van der Waals surface area contributed by atoms with Crippen LogP contribution >= 0.6 is 11.8 Å². The Bertz CT molecular complexity index is 773. The minimum absolute atomic E-state index is 0.122. The Labute approximate surface area is 172 Å². The van der Waals surface area contributed by atoms with Crippen LogP contribution in [0.15, 0.2) is 54.6 Å². The van der Waals surface area contributed by atoms with Gasteiger partial charge in [-0.3, -0.25) is 4.79 Å². The number of hydrogen-bond acceptors (Lipinski definition) is 3. The number of amides is 1. The quantitative estimate of drug-likeness (QED) is 0.592. The molecule has 1 amide bonds. The summed E-state index contributed by atoms with van der Waals surface area (Å²) in [4.78, 5) is 14.9. The van der Waals surface area contributed by atoms with Gasteiger partial charge in [0.15, 0.2) is 0 Å². The van der Waals surface area contributed by atoms with Crippen molar-refractivity contribution in [2.24, 2.45) is 5.92 Å². The molecular formula is C24H29NO2S. The first kappa shape index (κ1) is 19.4. The maximum Gasteiger partial charge on any atom is 0.223 e. The van der Waals surface area contributed by atoms with Crippen LogP contribution in [0.1, 0.15) is 55.0 Å². The molecular weight excluding hydrogens is 366 g/mol. The zero-order chi connectivity index (χ0) is 19.2. The third-order valence-electron chi connectivity index (χ3n) is 5.84. The van der Waals surface area contributed by atoms with Crippen molar-refractivity contribution in [2.75, 3.05) is 12.3 Å². The third-order valence-corrected chi connectivity index (χ3v) is 7.10. The molecule has 28 heavy (non-hydrogen) atoms. The predicted octanol–water partition coefficient (Wildman–Crippen LogP) is 5.81. The summed E-state index contributed by atoms with van der Waals surface area (Å²) in [7, 11) is 0. The fraction of sp³-hybridized carbons (Fsp3) is 0.458. The number of ether oxygens (including phenoxy) is 1. The van der Waals surface area contributed by atoms with Gasteiger partial charge in [0.25, 0.3) is 0 Å². The Morgan fingerprint density at radius 1 is 1.07 bits per heavy atom. The summed E-state index contributed by atoms with van der Waals surface area (Å²) in [5, 5.41) is 0.122. The number of hydrogen-bond donors (Lipinski definition) is 0. The molecule has 0 radical (unpaired) electrons. The van der Waals surface area contributed by atoms with Gasteiger partial charge >= 0.3 is 0 Å². The summed E-state index contributed by atoms with van der Waals surface area (Å²) in [6, 6.07) is 18.5. The number of carbonyl (C=O) groups excluding carboxylic acids is 1. The van der Waals surface area contributed by atoms with Crippen molar-refractivity contribution < 1.29 is 9.53 Å². The van der Waals surface area contributed by atoms with Gasteiger partial charge in [-0.1, -0.05) is 68.1 Å². The Balaban J connectivity index is 1.37. The molecule has 1 saturated heterocycles. The van der Waals surface area contributed by atoms with Crippen molar-refractivity contribution in [2.45, 2.75) is 50.5 Å². The Hall–Kier alpha value is -1.94. The van der Waals surface area contributed by atoms with E-state index in [-0.39, 0.29) is 5.37 Å². The summed E-state index contributed by atoms with van der Waals surface area (Å²) in [6.07, 6.45) is 7.07. The second-order valence-electron chi connectivity index (χ2n) is 7.85. The maximum absolute atomic E-state index is 12.9. The fourth-order valence-corrected chi connectivity index (χ4v) is 5.54. The molecule has 3 nitrogen and oxygen atoms in total. The normalized spacial score (nSPS) is 19.9. The van der Waals surface area contributed by atoms with E-state index in [1.807, 2.05) is 42.1 Å². The van der Waals surface area contributed by atoms with Gasteiger partial charge in [-0.25, -0.2) is 0 Å². The van der Waals surface area contributed by atoms with Gasteiger partial charge < -0.3 is 9.64 Å². The van der Waals surface area contributed by atoms with Crippen LogP contribution in [0.3, 0.4) is 0 Å². The lowest BCUT2D eigenvalue weighted by Crippen LogP contribution is -2.30. The molecule has 0 unspecified atom stereocenters. The average Bonchev–Trinajstić information content (AvgIpc) is 3.43. The Morgan fingerprint density at radius 3 is 2.71 bits per heavy atom. The highest BCUT2D eigenvalue weighted by molar-refractivity contribution is 7.99. The highest BCUT2D eigenvalue weighted by Gasteiger charge is 2.31. The van der Waals surface area contributed by atoms with E-state index in [1.165, 1.54) is 31.2 Å². The lowest BCUT2D eigenvalue weighted by molar-refractivity contribution is -0.131. The molecule has 0 spiro atoms. The number of benzene rings is 2. The van der Waals surface area contributed by atoms with E-state index in [0.29, 0.717) is 18.9 Å². The van der Waals surface area contributed by atoms with Crippen molar-refractivity contribution in [1.29, 1.82) is 0 Å². The minimum Gasteiger partial charge on any atom is -0.489 e. The van der Waals surface area contributed by atoms with E-state index < -0.39 is 0 Å². The van der Waals surface area contributed by atoms with E-state index in [2.05, 4.69) is 29.2 Å². The van der Waals surface area contributed by atoms with Gasteiger partial charge in [0.1, 0.15) is 17.7 Å². The molecule has 0 aromatic heterocycles. The number of carbonyl (C=O) groups is 1. The first-order chi connectivity index (χ1) is 13.8. The zero-order valence-corrected chi connectivity index (χ0v) is 17.2. The molecule has 148 valence electrons. The molecule has 0 bridgehead atoms. The topological polar surface area (TPSA) is 29.5 Å². The maximum atomic E-state index is 12.9. The zero-order valence-electron chi connectivity index (χ0n) is 16.4. The van der Waals surface area contributed by atoms with Gasteiger partial charge in [0.2, 0.25) is 5.91 Å². The summed E-state index contributed by atoms with van der Waals surface area (Å²) < 4.78 is 5.99. The number of thioether (sulfide) groups is 1. The van der Waals surface area contributed by atoms with E-state index in [0.717, 1.165) is 35.9 Å². The SMILES string of the molecule is O=C(CCC1CCCC1)N1CCS[C@@H]1c1cccc(OCc2ccccc2)c1. The lowest BCUT2D eigenvalue weighted by Gasteiger charge is -2.25. The monoisotopic (exact) mass is 395 g/mol. The van der Waals surface area contributed by atoms with Crippen LogP contribution in [0.4, 0.5) is 0 Å². The molecule has 1 atom stereocenters. The second kappa shape index (κ2) is 9.51. The molecule has 2 aromatic carbocycles. The van der Waals surface area contributed by atoms with Crippen LogP contribution in [0.2, 0.25) is 0 Å². The van der Waals surface area contributed by atoms with Crippen LogP contribution in [-0.2, 0) is 11.4 Å². The van der Waals surface area contributed by atoms with Gasteiger partial charge in [0, 0.05) is 18.7 Å². The van der Waals surface area contributed by atoms with E-state index in [1.54, 1.807) is 0 Å². The molecule has 1 saturated carbocycles. The van der Waals surface area contributed by atoms with Crippen molar-refractivity contribution in [3.63, 3.8) is 0 Å². The molecule has 2 aromatic rings. The molecule has 1 heterocycles. The molecule has 4 heteroatoms. The predicted molar refractivity (Wildman–Crippen MR) is 115 cm³/mol. The van der Waals surface area contributed by atoms with Crippen molar-refractivity contribution >= 4 is 17.7 Å². The molecule has 1 aliphatic carbocycles. The standard InChI is InChI=1S/C24H29NO2S/c26-23(14-13-19-7-4-5-8-19)25-15-16-28-24(25)21-11-6-12-22(17-21)27-18-20-9-2-1-3-10-20/h1-3,6,9-12,17,19,24H,4-5,7-8,13-16,18H2/t24-/m1/s1. The highest BCUT2D eigenvalue weighted by atomic mass is 32.2. The van der Waals surface area contributed by atoms with Gasteiger partial charge in [-0.15, -0.1) is 11.8 Å². The van der Waals surface area contributed by atoms with Gasteiger partial charge in [-0.2, -0.15) is 0 Å². The van der Waals surface area contributed by atoms with Crippen molar-refractivity contribution in [3.05, 3.63) is 65.7 Å². The van der Waals surface area contributed by atoms with Crippen molar-refractivity contribution in [3.8, 4) is 5.75 Å². The largest absolute Gasteiger partial charge is 0.489 e. The molecule has 1 aliphatic heterocycles. The third kappa shape index (κ3) is 4.91. The van der Waals surface area contributed by atoms with Gasteiger partial charge in [-0.05, 0) is 35.6 Å². The first-order valence-electron chi connectivity index (χ1n) is 10.5. The summed E-state index contributed by atoms with van der Waals surface area (Å²) in [5.74, 6) is 2.96. The highest BCUT2D eigenvalue weighted by Crippen LogP contribution is 2.40. The summed E-state index contributed by atoms with van der Waals surface area (Å²) >= 11 is 1.86. The number of rotatable bonds is 7. The molecule has 2 fully saturated rings. The molecule has 2 aliphatic rings. The van der Waals surface area contributed by atoms with Crippen LogP contribution in [0.5, 0.6) is 5.75 Å². The van der Waals surface area contributed by atoms with E-state index >= 15 is 0 Å². The average molecular weight is 396 g/mol. The first-order valence-corrected chi connectivity index (χ1v) is 11.5. The number of nitrogens with zero attached hydrogens (tertiary/aromatic N) is 1. The van der Waals surface area contributed by atoms with Crippen LogP contribution in [-0.4, -0.2) is 23.1 Å². The summed E-state index contributed by atoms with van der Waals surface area (Å²) in [6.45, 7) is 1.42. The molecule has 4 rings (SSSR count). The Kier molecular flexibility index (Phi) is 6.58.